The average molecular weight is 303 g/mol. The number of aromatic nitrogens is 2. The second-order valence-corrected chi connectivity index (χ2v) is 5.56. The highest BCUT2D eigenvalue weighted by atomic mass is 32.1. The molecule has 6 heteroatoms. The number of carbonyl (C=O) groups is 1. The number of aliphatic hydroxyl groups excluding tert-OH is 1. The van der Waals surface area contributed by atoms with Crippen LogP contribution in [0.3, 0.4) is 0 Å². The first-order chi connectivity index (χ1) is 10.2. The summed E-state index contributed by atoms with van der Waals surface area (Å²) in [5.74, 6) is 5.57. The predicted molar refractivity (Wildman–Crippen MR) is 81.6 cm³/mol. The van der Waals surface area contributed by atoms with Gasteiger partial charge < -0.3 is 14.6 Å². The summed E-state index contributed by atoms with van der Waals surface area (Å²) in [5.41, 5.74) is 0.878. The molecule has 21 heavy (non-hydrogen) atoms. The predicted octanol–water partition coefficient (Wildman–Crippen LogP) is 1.34. The number of nitrogens with zero attached hydrogens (tertiary/aromatic N) is 3. The Labute approximate surface area is 127 Å². The van der Waals surface area contributed by atoms with Gasteiger partial charge in [-0.3, -0.25) is 4.79 Å². The summed E-state index contributed by atoms with van der Waals surface area (Å²) in [6.45, 7) is 1.08. The SMILES string of the molecule is CN(Cc1cc(C#CCO)cs1)C(=O)CCn1ccnc1. The molecule has 2 aromatic rings. The van der Waals surface area contributed by atoms with Crippen LogP contribution in [-0.2, 0) is 17.9 Å². The molecule has 2 rings (SSSR count). The molecule has 0 aliphatic rings. The molecule has 5 nitrogen and oxygen atoms in total. The summed E-state index contributed by atoms with van der Waals surface area (Å²) >= 11 is 1.57. The van der Waals surface area contributed by atoms with E-state index in [0.717, 1.165) is 10.4 Å². The van der Waals surface area contributed by atoms with Crippen LogP contribution in [0.25, 0.3) is 0 Å². The molecule has 0 aliphatic heterocycles. The molecule has 0 aliphatic carbocycles. The third kappa shape index (κ3) is 4.74. The standard InChI is InChI=1S/C15H17N3O2S/c1-17(15(20)4-6-18-7-5-16-12-18)10-14-9-13(11-21-14)3-2-8-19/h5,7,9,11-12,19H,4,6,8,10H2,1H3. The van der Waals surface area contributed by atoms with Crippen LogP contribution >= 0.6 is 11.3 Å². The second kappa shape index (κ2) is 7.62. The third-order valence-electron chi connectivity index (χ3n) is 2.93. The Hall–Kier alpha value is -2.10. The van der Waals surface area contributed by atoms with Crippen molar-refractivity contribution < 1.29 is 9.90 Å². The van der Waals surface area contributed by atoms with Crippen molar-refractivity contribution in [3.63, 3.8) is 0 Å². The number of hydrogen-bond donors (Lipinski definition) is 1. The zero-order chi connectivity index (χ0) is 15.1. The van der Waals surface area contributed by atoms with Crippen molar-refractivity contribution in [1.82, 2.24) is 14.5 Å². The van der Waals surface area contributed by atoms with E-state index >= 15 is 0 Å². The van der Waals surface area contributed by atoms with Gasteiger partial charge in [0.05, 0.1) is 12.9 Å². The fraction of sp³-hybridized carbons (Fsp3) is 0.333. The molecule has 1 N–H and O–H groups in total. The van der Waals surface area contributed by atoms with Crippen molar-refractivity contribution in [2.24, 2.45) is 0 Å². The van der Waals surface area contributed by atoms with Crippen LogP contribution < -0.4 is 0 Å². The van der Waals surface area contributed by atoms with Crippen LogP contribution in [-0.4, -0.2) is 39.1 Å². The van der Waals surface area contributed by atoms with Gasteiger partial charge in [0.1, 0.15) is 6.61 Å². The molecule has 0 saturated heterocycles. The fourth-order valence-corrected chi connectivity index (χ4v) is 2.70. The Morgan fingerprint density at radius 2 is 2.43 bits per heavy atom. The summed E-state index contributed by atoms with van der Waals surface area (Å²) in [7, 11) is 1.80. The Bertz CT molecular complexity index is 637. The lowest BCUT2D eigenvalue weighted by Crippen LogP contribution is -2.26. The fourth-order valence-electron chi connectivity index (χ4n) is 1.83. The first-order valence-electron chi connectivity index (χ1n) is 6.56. The highest BCUT2D eigenvalue weighted by Gasteiger charge is 2.10. The van der Waals surface area contributed by atoms with Crippen molar-refractivity contribution in [2.45, 2.75) is 19.5 Å². The number of carbonyl (C=O) groups excluding carboxylic acids is 1. The van der Waals surface area contributed by atoms with Gasteiger partial charge in [-0.25, -0.2) is 4.98 Å². The minimum absolute atomic E-state index is 0.0973. The quantitative estimate of drug-likeness (QED) is 0.848. The molecule has 0 aromatic carbocycles. The lowest BCUT2D eigenvalue weighted by atomic mass is 10.3. The number of aryl methyl sites for hydroxylation is 1. The van der Waals surface area contributed by atoms with E-state index < -0.39 is 0 Å². The van der Waals surface area contributed by atoms with Gasteiger partial charge in [0.15, 0.2) is 0 Å². The number of imidazole rings is 1. The van der Waals surface area contributed by atoms with E-state index in [0.29, 0.717) is 19.5 Å². The molecule has 0 bridgehead atoms. The summed E-state index contributed by atoms with van der Waals surface area (Å²) < 4.78 is 1.89. The Kier molecular flexibility index (Phi) is 5.55. The Balaban J connectivity index is 1.84. The molecule has 110 valence electrons. The lowest BCUT2D eigenvalue weighted by Gasteiger charge is -2.16. The number of thiophene rings is 1. The van der Waals surface area contributed by atoms with Crippen molar-refractivity contribution in [1.29, 1.82) is 0 Å². The molecule has 0 radical (unpaired) electrons. The number of hydrogen-bond acceptors (Lipinski definition) is 4. The smallest absolute Gasteiger partial charge is 0.224 e. The van der Waals surface area contributed by atoms with Crippen molar-refractivity contribution in [3.05, 3.63) is 40.6 Å². The van der Waals surface area contributed by atoms with E-state index in [4.69, 9.17) is 5.11 Å². The minimum atomic E-state index is -0.141. The molecule has 2 aromatic heterocycles. The summed E-state index contributed by atoms with van der Waals surface area (Å²) in [5, 5.41) is 10.6. The van der Waals surface area contributed by atoms with Gasteiger partial charge >= 0.3 is 0 Å². The molecular formula is C15H17N3O2S. The lowest BCUT2D eigenvalue weighted by molar-refractivity contribution is -0.130. The molecule has 0 spiro atoms. The molecule has 0 unspecified atom stereocenters. The maximum absolute atomic E-state index is 12.1. The monoisotopic (exact) mass is 303 g/mol. The summed E-state index contributed by atoms with van der Waals surface area (Å²) in [4.78, 5) is 18.8. The number of amides is 1. The van der Waals surface area contributed by atoms with E-state index in [1.807, 2.05) is 22.2 Å². The van der Waals surface area contributed by atoms with Gasteiger partial charge in [0.25, 0.3) is 0 Å². The highest BCUT2D eigenvalue weighted by molar-refractivity contribution is 7.10. The maximum Gasteiger partial charge on any atom is 0.224 e. The van der Waals surface area contributed by atoms with Gasteiger partial charge in [0, 0.05) is 48.2 Å². The van der Waals surface area contributed by atoms with Crippen LogP contribution in [0, 0.1) is 11.8 Å². The second-order valence-electron chi connectivity index (χ2n) is 4.56. The molecule has 1 amide bonds. The topological polar surface area (TPSA) is 58.4 Å². The molecule has 2 heterocycles. The van der Waals surface area contributed by atoms with Crippen LogP contribution in [0.2, 0.25) is 0 Å². The van der Waals surface area contributed by atoms with E-state index in [-0.39, 0.29) is 12.5 Å². The first-order valence-corrected chi connectivity index (χ1v) is 7.44. The van der Waals surface area contributed by atoms with Crippen molar-refractivity contribution >= 4 is 17.2 Å². The van der Waals surface area contributed by atoms with E-state index in [2.05, 4.69) is 16.8 Å². The Morgan fingerprint density at radius 3 is 3.14 bits per heavy atom. The van der Waals surface area contributed by atoms with Crippen molar-refractivity contribution in [2.75, 3.05) is 13.7 Å². The maximum atomic E-state index is 12.1. The van der Waals surface area contributed by atoms with Gasteiger partial charge in [-0.1, -0.05) is 11.8 Å². The first kappa shape index (κ1) is 15.3. The van der Waals surface area contributed by atoms with E-state index in [1.165, 1.54) is 0 Å². The molecular weight excluding hydrogens is 286 g/mol. The Morgan fingerprint density at radius 1 is 1.57 bits per heavy atom. The normalized spacial score (nSPS) is 10.0. The van der Waals surface area contributed by atoms with Gasteiger partial charge in [-0.05, 0) is 6.07 Å². The molecule has 0 atom stereocenters. The van der Waals surface area contributed by atoms with E-state index in [9.17, 15) is 4.79 Å². The van der Waals surface area contributed by atoms with Gasteiger partial charge in [-0.15, -0.1) is 11.3 Å². The molecule has 0 saturated carbocycles. The minimum Gasteiger partial charge on any atom is -0.384 e. The number of rotatable bonds is 5. The average Bonchev–Trinajstić information content (AvgIpc) is 3.14. The number of aliphatic hydroxyl groups is 1. The zero-order valence-corrected chi connectivity index (χ0v) is 12.6. The van der Waals surface area contributed by atoms with Crippen molar-refractivity contribution in [3.8, 4) is 11.8 Å². The summed E-state index contributed by atoms with van der Waals surface area (Å²) in [6.07, 6.45) is 5.71. The van der Waals surface area contributed by atoms with Crippen LogP contribution in [0.15, 0.2) is 30.2 Å². The molecule has 0 fully saturated rings. The van der Waals surface area contributed by atoms with Crippen LogP contribution in [0.1, 0.15) is 16.9 Å². The van der Waals surface area contributed by atoms with Gasteiger partial charge in [0.2, 0.25) is 5.91 Å². The summed E-state index contributed by atoms with van der Waals surface area (Å²) in [6, 6.07) is 1.95. The van der Waals surface area contributed by atoms with Gasteiger partial charge in [-0.2, -0.15) is 0 Å². The van der Waals surface area contributed by atoms with Crippen LogP contribution in [0.4, 0.5) is 0 Å². The zero-order valence-electron chi connectivity index (χ0n) is 11.8. The third-order valence-corrected chi connectivity index (χ3v) is 3.85. The largest absolute Gasteiger partial charge is 0.384 e. The van der Waals surface area contributed by atoms with Crippen LogP contribution in [0.5, 0.6) is 0 Å². The van der Waals surface area contributed by atoms with E-state index in [1.54, 1.807) is 35.8 Å². The highest BCUT2D eigenvalue weighted by Crippen LogP contribution is 2.16.